The summed E-state index contributed by atoms with van der Waals surface area (Å²) in [5.41, 5.74) is 4.55. The van der Waals surface area contributed by atoms with Crippen LogP contribution >= 0.6 is 0 Å². The molecule has 0 aromatic carbocycles. The summed E-state index contributed by atoms with van der Waals surface area (Å²) in [6.45, 7) is 10.1. The van der Waals surface area contributed by atoms with E-state index in [2.05, 4.69) is 16.0 Å². The first kappa shape index (κ1) is 33.7. The molecule has 3 aliphatic carbocycles. The Balaban J connectivity index is 1.49. The highest BCUT2D eigenvalue weighted by atomic mass is 16.5. The van der Waals surface area contributed by atoms with E-state index >= 15 is 0 Å². The summed E-state index contributed by atoms with van der Waals surface area (Å²) in [5, 5.41) is 8.36. The van der Waals surface area contributed by atoms with Crippen LogP contribution in [0.5, 0.6) is 0 Å². The number of urea groups is 1. The van der Waals surface area contributed by atoms with Crippen molar-refractivity contribution in [3.63, 3.8) is 0 Å². The predicted molar refractivity (Wildman–Crippen MR) is 162 cm³/mol. The van der Waals surface area contributed by atoms with Gasteiger partial charge in [-0.25, -0.2) is 9.59 Å². The Labute approximate surface area is 260 Å². The van der Waals surface area contributed by atoms with Gasteiger partial charge in [-0.3, -0.25) is 19.2 Å². The Morgan fingerprint density at radius 3 is 2.02 bits per heavy atom. The van der Waals surface area contributed by atoms with Crippen molar-refractivity contribution in [1.29, 1.82) is 0 Å². The summed E-state index contributed by atoms with van der Waals surface area (Å²) in [6, 6.07) is -4.37. The van der Waals surface area contributed by atoms with Gasteiger partial charge < -0.3 is 31.3 Å². The number of rotatable bonds is 14. The topological polar surface area (TPSA) is 177 Å². The molecule has 4 aliphatic rings. The fourth-order valence-corrected chi connectivity index (χ4v) is 6.29. The maximum atomic E-state index is 14.2. The largest absolute Gasteiger partial charge is 0.464 e. The number of ether oxygens (including phenoxy) is 1. The maximum absolute atomic E-state index is 14.2. The highest BCUT2D eigenvalue weighted by Gasteiger charge is 2.48. The van der Waals surface area contributed by atoms with Crippen LogP contribution in [0.2, 0.25) is 0 Å². The Morgan fingerprint density at radius 1 is 0.886 bits per heavy atom. The van der Waals surface area contributed by atoms with Crippen molar-refractivity contribution in [2.24, 2.45) is 40.7 Å². The third kappa shape index (κ3) is 8.50. The van der Waals surface area contributed by atoms with Crippen LogP contribution in [0, 0.1) is 35.0 Å². The van der Waals surface area contributed by atoms with E-state index in [1.807, 2.05) is 34.6 Å². The molecule has 5 N–H and O–H groups in total. The third-order valence-electron chi connectivity index (χ3n) is 9.70. The summed E-state index contributed by atoms with van der Waals surface area (Å²) in [7, 11) is 0. The molecule has 44 heavy (non-hydrogen) atoms. The minimum atomic E-state index is -1.10. The molecule has 5 amide bonds. The molecule has 3 saturated carbocycles. The molecule has 1 aliphatic heterocycles. The number of carbonyl (C=O) groups excluding carboxylic acids is 6. The highest BCUT2D eigenvalue weighted by Crippen LogP contribution is 2.36. The monoisotopic (exact) mass is 617 g/mol. The lowest BCUT2D eigenvalue weighted by Gasteiger charge is -2.38. The number of hydrogen-bond acceptors (Lipinski definition) is 7. The van der Waals surface area contributed by atoms with Crippen molar-refractivity contribution < 1.29 is 33.5 Å². The van der Waals surface area contributed by atoms with Crippen molar-refractivity contribution in [3.05, 3.63) is 0 Å². The molecule has 4 rings (SSSR count). The van der Waals surface area contributed by atoms with E-state index in [0.29, 0.717) is 31.9 Å². The normalized spacial score (nSPS) is 24.1. The van der Waals surface area contributed by atoms with Gasteiger partial charge in [0.15, 0.2) is 0 Å². The van der Waals surface area contributed by atoms with Gasteiger partial charge in [0.1, 0.15) is 18.1 Å². The molecule has 4 fully saturated rings. The van der Waals surface area contributed by atoms with Crippen LogP contribution in [0.15, 0.2) is 0 Å². The van der Waals surface area contributed by atoms with Gasteiger partial charge in [0.05, 0.1) is 12.6 Å². The van der Waals surface area contributed by atoms with Gasteiger partial charge in [0.2, 0.25) is 17.6 Å². The number of likely N-dealkylation sites (tertiary alicyclic amines) is 1. The van der Waals surface area contributed by atoms with Gasteiger partial charge in [0.25, 0.3) is 5.91 Å². The number of carbonyl (C=O) groups is 6. The number of ketones is 1. The first-order valence-corrected chi connectivity index (χ1v) is 16.4. The molecule has 1 saturated heterocycles. The minimum absolute atomic E-state index is 0.0126. The average molecular weight is 618 g/mol. The van der Waals surface area contributed by atoms with Crippen LogP contribution in [0.1, 0.15) is 92.4 Å². The molecular weight excluding hydrogens is 566 g/mol. The molecule has 246 valence electrons. The quantitative estimate of drug-likeness (QED) is 0.170. The van der Waals surface area contributed by atoms with Crippen LogP contribution in [-0.2, 0) is 28.7 Å². The molecule has 12 heteroatoms. The second-order valence-electron chi connectivity index (χ2n) is 14.8. The van der Waals surface area contributed by atoms with Gasteiger partial charge in [0, 0.05) is 6.54 Å². The van der Waals surface area contributed by atoms with Crippen LogP contribution in [0.4, 0.5) is 4.79 Å². The second-order valence-corrected chi connectivity index (χ2v) is 14.8. The van der Waals surface area contributed by atoms with Gasteiger partial charge in [-0.2, -0.15) is 0 Å². The molecular formula is C32H51N5O7. The SMILES string of the molecule is CC(C)[C@H]1CCN(C(=O)[C@@H](NC(=O)N[C@H](C(=O)OCC2CC2)C2CCC2)C(C)(C)C)[C@@H]1C(=O)NC(CC1CC1)C(=O)C(N)=O. The Kier molecular flexibility index (Phi) is 10.6. The Hall–Kier alpha value is -3.18. The average Bonchev–Trinajstić information content (AvgIpc) is 3.85. The molecule has 0 radical (unpaired) electrons. The van der Waals surface area contributed by atoms with Crippen LogP contribution in [-0.4, -0.2) is 77.7 Å². The van der Waals surface area contributed by atoms with Crippen molar-refractivity contribution in [2.75, 3.05) is 13.2 Å². The number of nitrogens with one attached hydrogen (secondary N) is 3. The third-order valence-corrected chi connectivity index (χ3v) is 9.70. The van der Waals surface area contributed by atoms with E-state index in [-0.39, 0.29) is 23.7 Å². The number of hydrogen-bond donors (Lipinski definition) is 4. The summed E-state index contributed by atoms with van der Waals surface area (Å²) in [6.07, 6.45) is 7.42. The summed E-state index contributed by atoms with van der Waals surface area (Å²) in [4.78, 5) is 80.0. The van der Waals surface area contributed by atoms with Gasteiger partial charge >= 0.3 is 12.0 Å². The minimum Gasteiger partial charge on any atom is -0.464 e. The zero-order valence-corrected chi connectivity index (χ0v) is 26.9. The number of nitrogens with zero attached hydrogens (tertiary/aromatic N) is 1. The molecule has 12 nitrogen and oxygen atoms in total. The van der Waals surface area contributed by atoms with Crippen LogP contribution in [0.25, 0.3) is 0 Å². The smallest absolute Gasteiger partial charge is 0.328 e. The molecule has 0 aromatic heterocycles. The van der Waals surface area contributed by atoms with E-state index in [0.717, 1.165) is 44.9 Å². The van der Waals surface area contributed by atoms with Crippen molar-refractivity contribution >= 4 is 35.5 Å². The number of esters is 1. The molecule has 0 aromatic rings. The van der Waals surface area contributed by atoms with Crippen molar-refractivity contribution in [1.82, 2.24) is 20.9 Å². The van der Waals surface area contributed by atoms with Crippen LogP contribution < -0.4 is 21.7 Å². The maximum Gasteiger partial charge on any atom is 0.328 e. The predicted octanol–water partition coefficient (Wildman–Crippen LogP) is 2.03. The number of amides is 5. The van der Waals surface area contributed by atoms with E-state index in [1.165, 1.54) is 4.90 Å². The standard InChI is InChI=1S/C32H51N5O7/c1-17(2)21-13-14-37(24(21)28(40)34-22(15-18-9-10-18)25(38)27(33)39)29(41)26(32(3,4)5)36-31(43)35-23(20-7-6-8-20)30(42)44-16-19-11-12-19/h17-24,26H,6-16H2,1-5H3,(H2,33,39)(H,34,40)(H2,35,36,43)/t21-,22?,23+,24+,26-/m1/s1. The van der Waals surface area contributed by atoms with Crippen LogP contribution in [0.3, 0.4) is 0 Å². The van der Waals surface area contributed by atoms with Crippen molar-refractivity contribution in [2.45, 2.75) is 117 Å². The molecule has 0 bridgehead atoms. The number of primary amides is 1. The summed E-state index contributed by atoms with van der Waals surface area (Å²) < 4.78 is 5.50. The van der Waals surface area contributed by atoms with Gasteiger partial charge in [-0.15, -0.1) is 0 Å². The van der Waals surface area contributed by atoms with E-state index in [1.54, 1.807) is 0 Å². The fraction of sp³-hybridized carbons (Fsp3) is 0.812. The number of nitrogens with two attached hydrogens (primary N) is 1. The molecule has 5 atom stereocenters. The Morgan fingerprint density at radius 2 is 1.52 bits per heavy atom. The zero-order chi connectivity index (χ0) is 32.3. The molecule has 1 heterocycles. The lowest BCUT2D eigenvalue weighted by atomic mass is 9.79. The number of Topliss-reactive ketones (excluding diaryl/α,β-unsaturated/α-hetero) is 1. The Bertz CT molecular complexity index is 1120. The lowest BCUT2D eigenvalue weighted by Crippen LogP contribution is -2.62. The molecule has 0 spiro atoms. The second kappa shape index (κ2) is 13.9. The first-order chi connectivity index (χ1) is 20.7. The highest BCUT2D eigenvalue weighted by molar-refractivity contribution is 6.37. The van der Waals surface area contributed by atoms with Gasteiger partial charge in [-0.05, 0) is 73.5 Å². The summed E-state index contributed by atoms with van der Waals surface area (Å²) in [5.74, 6) is -2.83. The van der Waals surface area contributed by atoms with Gasteiger partial charge in [-0.1, -0.05) is 53.9 Å². The lowest BCUT2D eigenvalue weighted by molar-refractivity contribution is -0.148. The summed E-state index contributed by atoms with van der Waals surface area (Å²) >= 11 is 0. The molecule has 1 unspecified atom stereocenters. The fourth-order valence-electron chi connectivity index (χ4n) is 6.29. The van der Waals surface area contributed by atoms with Crippen molar-refractivity contribution in [3.8, 4) is 0 Å². The first-order valence-electron chi connectivity index (χ1n) is 16.4. The van der Waals surface area contributed by atoms with E-state index in [4.69, 9.17) is 10.5 Å². The van der Waals surface area contributed by atoms with E-state index in [9.17, 15) is 28.8 Å². The zero-order valence-electron chi connectivity index (χ0n) is 26.9. The van der Waals surface area contributed by atoms with E-state index < -0.39 is 65.1 Å².